The quantitative estimate of drug-likeness (QED) is 0.895. The highest BCUT2D eigenvalue weighted by Crippen LogP contribution is 2.49. The van der Waals surface area contributed by atoms with Crippen LogP contribution in [0.4, 0.5) is 0 Å². The first-order valence-electron chi connectivity index (χ1n) is 8.64. The van der Waals surface area contributed by atoms with Crippen LogP contribution in [0, 0.1) is 11.8 Å². The van der Waals surface area contributed by atoms with Crippen molar-refractivity contribution in [2.24, 2.45) is 11.8 Å². The molecule has 2 heteroatoms. The van der Waals surface area contributed by atoms with Crippen molar-refractivity contribution in [1.82, 2.24) is 4.90 Å². The molecule has 2 bridgehead atoms. The molecular weight excluding hydrogens is 258 g/mol. The summed E-state index contributed by atoms with van der Waals surface area (Å²) in [5.41, 5.74) is 3.12. The van der Waals surface area contributed by atoms with Crippen molar-refractivity contribution in [3.05, 3.63) is 29.3 Å². The second-order valence-corrected chi connectivity index (χ2v) is 7.86. The standard InChI is InChI=1S/C19H27NO/c1-13-18-10-15-6-7-16(21)11-17(15)19(13,2)8-3-9-20(18)12-14-4-5-14/h6-7,11,13-14,18,21H,3-5,8-10,12H2,1-2H3/t13-,18-,19-/m0/s1. The summed E-state index contributed by atoms with van der Waals surface area (Å²) >= 11 is 0. The fourth-order valence-electron chi connectivity index (χ4n) is 4.83. The number of phenolic OH excluding ortho intramolecular Hbond substituents is 1. The monoisotopic (exact) mass is 285 g/mol. The van der Waals surface area contributed by atoms with Crippen LogP contribution in [0.3, 0.4) is 0 Å². The average Bonchev–Trinajstić information content (AvgIpc) is 3.26. The summed E-state index contributed by atoms with van der Waals surface area (Å²) in [5.74, 6) is 2.08. The lowest BCUT2D eigenvalue weighted by Gasteiger charge is -2.47. The van der Waals surface area contributed by atoms with Gasteiger partial charge in [-0.2, -0.15) is 0 Å². The molecule has 1 aromatic rings. The van der Waals surface area contributed by atoms with Crippen LogP contribution in [-0.4, -0.2) is 29.1 Å². The van der Waals surface area contributed by atoms with E-state index < -0.39 is 0 Å². The topological polar surface area (TPSA) is 23.5 Å². The normalized spacial score (nSPS) is 36.1. The van der Waals surface area contributed by atoms with Crippen molar-refractivity contribution in [3.63, 3.8) is 0 Å². The Labute approximate surface area is 128 Å². The molecule has 0 amide bonds. The fraction of sp³-hybridized carbons (Fsp3) is 0.684. The molecule has 0 spiro atoms. The summed E-state index contributed by atoms with van der Waals surface area (Å²) in [5, 5.41) is 9.93. The zero-order chi connectivity index (χ0) is 14.6. The van der Waals surface area contributed by atoms with Gasteiger partial charge in [-0.15, -0.1) is 0 Å². The van der Waals surface area contributed by atoms with Gasteiger partial charge in [0.25, 0.3) is 0 Å². The number of rotatable bonds is 2. The third kappa shape index (κ3) is 2.19. The lowest BCUT2D eigenvalue weighted by Crippen LogP contribution is -2.50. The van der Waals surface area contributed by atoms with Gasteiger partial charge in [0.1, 0.15) is 5.75 Å². The molecule has 1 N–H and O–H groups in total. The Kier molecular flexibility index (Phi) is 3.08. The molecule has 2 fully saturated rings. The van der Waals surface area contributed by atoms with E-state index in [1.54, 1.807) is 0 Å². The summed E-state index contributed by atoms with van der Waals surface area (Å²) in [6, 6.07) is 6.77. The number of fused-ring (bicyclic) bond motifs is 4. The molecular formula is C19H27NO. The van der Waals surface area contributed by atoms with Crippen LogP contribution in [-0.2, 0) is 11.8 Å². The lowest BCUT2D eigenvalue weighted by atomic mass is 9.61. The van der Waals surface area contributed by atoms with Gasteiger partial charge >= 0.3 is 0 Å². The molecule has 0 radical (unpaired) electrons. The predicted octanol–water partition coefficient (Wildman–Crippen LogP) is 3.72. The van der Waals surface area contributed by atoms with E-state index in [4.69, 9.17) is 0 Å². The van der Waals surface area contributed by atoms with E-state index in [9.17, 15) is 5.11 Å². The molecule has 0 aromatic heterocycles. The van der Waals surface area contributed by atoms with Crippen LogP contribution in [0.5, 0.6) is 5.75 Å². The van der Waals surface area contributed by atoms with E-state index in [1.807, 2.05) is 12.1 Å². The van der Waals surface area contributed by atoms with Gasteiger partial charge in [0.15, 0.2) is 0 Å². The molecule has 2 nitrogen and oxygen atoms in total. The molecule has 2 aliphatic carbocycles. The van der Waals surface area contributed by atoms with Crippen LogP contribution in [0.25, 0.3) is 0 Å². The molecule has 1 heterocycles. The van der Waals surface area contributed by atoms with Gasteiger partial charge in [-0.05, 0) is 79.2 Å². The van der Waals surface area contributed by atoms with Crippen molar-refractivity contribution in [1.29, 1.82) is 0 Å². The van der Waals surface area contributed by atoms with Gasteiger partial charge < -0.3 is 5.11 Å². The number of aromatic hydroxyl groups is 1. The van der Waals surface area contributed by atoms with Gasteiger partial charge in [-0.3, -0.25) is 4.90 Å². The Balaban J connectivity index is 1.74. The average molecular weight is 285 g/mol. The van der Waals surface area contributed by atoms with Gasteiger partial charge in [0.05, 0.1) is 0 Å². The van der Waals surface area contributed by atoms with Crippen LogP contribution in [0.1, 0.15) is 50.7 Å². The van der Waals surface area contributed by atoms with Crippen molar-refractivity contribution in [2.75, 3.05) is 13.1 Å². The molecule has 4 rings (SSSR count). The third-order valence-corrected chi connectivity index (χ3v) is 6.52. The Bertz CT molecular complexity index is 550. The first kappa shape index (κ1) is 13.6. The Hall–Kier alpha value is -1.02. The molecule has 3 aliphatic rings. The number of phenols is 1. The predicted molar refractivity (Wildman–Crippen MR) is 85.6 cm³/mol. The van der Waals surface area contributed by atoms with E-state index in [1.165, 1.54) is 56.3 Å². The number of nitrogens with zero attached hydrogens (tertiary/aromatic N) is 1. The minimum atomic E-state index is 0.231. The van der Waals surface area contributed by atoms with Crippen LogP contribution in [0.15, 0.2) is 18.2 Å². The summed E-state index contributed by atoms with van der Waals surface area (Å²) < 4.78 is 0. The summed E-state index contributed by atoms with van der Waals surface area (Å²) in [6.45, 7) is 7.46. The van der Waals surface area contributed by atoms with E-state index >= 15 is 0 Å². The molecule has 114 valence electrons. The number of benzene rings is 1. The van der Waals surface area contributed by atoms with Crippen LogP contribution < -0.4 is 0 Å². The second kappa shape index (κ2) is 4.74. The second-order valence-electron chi connectivity index (χ2n) is 7.86. The number of hydrogen-bond donors (Lipinski definition) is 1. The lowest BCUT2D eigenvalue weighted by molar-refractivity contribution is 0.115. The third-order valence-electron chi connectivity index (χ3n) is 6.52. The molecule has 1 saturated heterocycles. The van der Waals surface area contributed by atoms with Gasteiger partial charge in [0.2, 0.25) is 0 Å². The minimum Gasteiger partial charge on any atom is -0.508 e. The Morgan fingerprint density at radius 2 is 2.14 bits per heavy atom. The minimum absolute atomic E-state index is 0.231. The molecule has 0 unspecified atom stereocenters. The molecule has 1 aliphatic heterocycles. The maximum absolute atomic E-state index is 9.93. The zero-order valence-electron chi connectivity index (χ0n) is 13.3. The highest BCUT2D eigenvalue weighted by atomic mass is 16.3. The molecule has 21 heavy (non-hydrogen) atoms. The zero-order valence-corrected chi connectivity index (χ0v) is 13.3. The first-order chi connectivity index (χ1) is 10.1. The summed E-state index contributed by atoms with van der Waals surface area (Å²) in [4.78, 5) is 2.80. The van der Waals surface area contributed by atoms with Crippen molar-refractivity contribution in [3.8, 4) is 5.75 Å². The largest absolute Gasteiger partial charge is 0.508 e. The van der Waals surface area contributed by atoms with Gasteiger partial charge in [-0.1, -0.05) is 19.9 Å². The summed E-state index contributed by atoms with van der Waals surface area (Å²) in [6.07, 6.45) is 6.60. The highest BCUT2D eigenvalue weighted by Gasteiger charge is 2.47. The van der Waals surface area contributed by atoms with Gasteiger partial charge in [0, 0.05) is 12.6 Å². The molecule has 1 saturated carbocycles. The molecule has 3 atom stereocenters. The van der Waals surface area contributed by atoms with E-state index in [0.717, 1.165) is 5.92 Å². The summed E-state index contributed by atoms with van der Waals surface area (Å²) in [7, 11) is 0. The number of likely N-dealkylation sites (tertiary alicyclic amines) is 1. The van der Waals surface area contributed by atoms with Crippen molar-refractivity contribution >= 4 is 0 Å². The van der Waals surface area contributed by atoms with Crippen molar-refractivity contribution in [2.45, 2.75) is 57.4 Å². The Morgan fingerprint density at radius 3 is 2.90 bits per heavy atom. The fourth-order valence-corrected chi connectivity index (χ4v) is 4.83. The van der Waals surface area contributed by atoms with Gasteiger partial charge in [-0.25, -0.2) is 0 Å². The molecule has 1 aromatic carbocycles. The van der Waals surface area contributed by atoms with Crippen LogP contribution >= 0.6 is 0 Å². The number of hydrogen-bond acceptors (Lipinski definition) is 2. The van der Waals surface area contributed by atoms with Crippen LogP contribution in [0.2, 0.25) is 0 Å². The SMILES string of the molecule is C[C@H]1[C@@H]2Cc3ccc(O)cc3[C@@]1(C)CCCN2CC1CC1. The maximum Gasteiger partial charge on any atom is 0.115 e. The highest BCUT2D eigenvalue weighted by molar-refractivity contribution is 5.43. The van der Waals surface area contributed by atoms with E-state index in [2.05, 4.69) is 24.8 Å². The first-order valence-corrected chi connectivity index (χ1v) is 8.64. The van der Waals surface area contributed by atoms with Crippen molar-refractivity contribution < 1.29 is 5.11 Å². The van der Waals surface area contributed by atoms with E-state index in [-0.39, 0.29) is 5.41 Å². The van der Waals surface area contributed by atoms with E-state index in [0.29, 0.717) is 17.7 Å². The Morgan fingerprint density at radius 1 is 1.33 bits per heavy atom. The maximum atomic E-state index is 9.93. The smallest absolute Gasteiger partial charge is 0.115 e.